The average molecular weight is 327 g/mol. The van der Waals surface area contributed by atoms with Crippen molar-refractivity contribution in [3.05, 3.63) is 82.5 Å². The van der Waals surface area contributed by atoms with Gasteiger partial charge < -0.3 is 4.42 Å². The summed E-state index contributed by atoms with van der Waals surface area (Å²) in [6.45, 7) is 0. The van der Waals surface area contributed by atoms with Gasteiger partial charge in [0.2, 0.25) is 0 Å². The van der Waals surface area contributed by atoms with Gasteiger partial charge in [-0.25, -0.2) is 0 Å². The van der Waals surface area contributed by atoms with Gasteiger partial charge in [0.1, 0.15) is 5.76 Å². The van der Waals surface area contributed by atoms with Crippen LogP contribution in [0.3, 0.4) is 0 Å². The lowest BCUT2D eigenvalue weighted by molar-refractivity contribution is 0.103. The molecule has 98 valence electrons. The van der Waals surface area contributed by atoms with Crippen LogP contribution in [0.5, 0.6) is 0 Å². The maximum absolute atomic E-state index is 12.7. The minimum absolute atomic E-state index is 0.0155. The molecule has 0 bridgehead atoms. The van der Waals surface area contributed by atoms with E-state index >= 15 is 0 Å². The van der Waals surface area contributed by atoms with E-state index in [1.54, 1.807) is 6.26 Å². The van der Waals surface area contributed by atoms with Crippen LogP contribution in [-0.2, 0) is 0 Å². The van der Waals surface area contributed by atoms with Crippen LogP contribution in [0.1, 0.15) is 15.9 Å². The Bertz CT molecular complexity index is 731. The Balaban J connectivity index is 2.13. The summed E-state index contributed by atoms with van der Waals surface area (Å²) < 4.78 is 6.29. The number of carbonyl (C=O) groups is 1. The molecule has 1 heterocycles. The molecule has 0 unspecified atom stereocenters. The van der Waals surface area contributed by atoms with E-state index in [4.69, 9.17) is 4.42 Å². The largest absolute Gasteiger partial charge is 0.464 e. The second-order valence-corrected chi connectivity index (χ2v) is 5.28. The zero-order chi connectivity index (χ0) is 13.9. The Morgan fingerprint density at radius 2 is 1.75 bits per heavy atom. The van der Waals surface area contributed by atoms with Gasteiger partial charge in [-0.3, -0.25) is 4.79 Å². The highest BCUT2D eigenvalue weighted by molar-refractivity contribution is 9.10. The number of benzene rings is 2. The van der Waals surface area contributed by atoms with Crippen LogP contribution in [0, 0.1) is 0 Å². The lowest BCUT2D eigenvalue weighted by Crippen LogP contribution is -2.03. The summed E-state index contributed by atoms with van der Waals surface area (Å²) >= 11 is 3.42. The van der Waals surface area contributed by atoms with Crippen LogP contribution in [0.25, 0.3) is 11.3 Å². The molecule has 0 spiro atoms. The predicted molar refractivity (Wildman–Crippen MR) is 81.7 cm³/mol. The number of ketones is 1. The van der Waals surface area contributed by atoms with Crippen molar-refractivity contribution in [3.63, 3.8) is 0 Å². The van der Waals surface area contributed by atoms with Crippen molar-refractivity contribution in [1.82, 2.24) is 0 Å². The smallest absolute Gasteiger partial charge is 0.193 e. The van der Waals surface area contributed by atoms with Gasteiger partial charge in [0.15, 0.2) is 5.78 Å². The quantitative estimate of drug-likeness (QED) is 0.638. The second-order valence-electron chi connectivity index (χ2n) is 4.36. The first-order valence-corrected chi connectivity index (χ1v) is 6.98. The van der Waals surface area contributed by atoms with Crippen LogP contribution < -0.4 is 0 Å². The van der Waals surface area contributed by atoms with E-state index in [1.807, 2.05) is 60.7 Å². The van der Waals surface area contributed by atoms with Gasteiger partial charge in [-0.05, 0) is 30.3 Å². The van der Waals surface area contributed by atoms with E-state index in [2.05, 4.69) is 15.9 Å². The Kier molecular flexibility index (Phi) is 3.52. The summed E-state index contributed by atoms with van der Waals surface area (Å²) in [5.74, 6) is 0.676. The van der Waals surface area contributed by atoms with Crippen molar-refractivity contribution in [3.8, 4) is 11.3 Å². The van der Waals surface area contributed by atoms with Crippen molar-refractivity contribution in [2.75, 3.05) is 0 Å². The Morgan fingerprint density at radius 3 is 2.45 bits per heavy atom. The van der Waals surface area contributed by atoms with Gasteiger partial charge in [0, 0.05) is 21.2 Å². The summed E-state index contributed by atoms with van der Waals surface area (Å²) in [6, 6.07) is 18.5. The maximum atomic E-state index is 12.7. The Hall–Kier alpha value is -2.13. The molecule has 3 rings (SSSR count). The third kappa shape index (κ3) is 2.45. The molecule has 3 aromatic rings. The molecule has 1 aromatic heterocycles. The van der Waals surface area contributed by atoms with Gasteiger partial charge in [0.05, 0.1) is 6.26 Å². The first-order valence-electron chi connectivity index (χ1n) is 6.19. The van der Waals surface area contributed by atoms with E-state index < -0.39 is 0 Å². The molecule has 0 aliphatic heterocycles. The molecule has 0 radical (unpaired) electrons. The van der Waals surface area contributed by atoms with Crippen LogP contribution >= 0.6 is 15.9 Å². The zero-order valence-electron chi connectivity index (χ0n) is 10.5. The third-order valence-corrected chi connectivity index (χ3v) is 3.54. The van der Waals surface area contributed by atoms with Crippen LogP contribution in [0.4, 0.5) is 0 Å². The Labute approximate surface area is 125 Å². The average Bonchev–Trinajstić information content (AvgIpc) is 3.01. The monoisotopic (exact) mass is 326 g/mol. The lowest BCUT2D eigenvalue weighted by atomic mass is 9.97. The third-order valence-electron chi connectivity index (χ3n) is 3.05. The molecule has 2 nitrogen and oxygen atoms in total. The summed E-state index contributed by atoms with van der Waals surface area (Å²) in [6.07, 6.45) is 1.61. The van der Waals surface area contributed by atoms with Crippen molar-refractivity contribution < 1.29 is 9.21 Å². The summed E-state index contributed by atoms with van der Waals surface area (Å²) in [5, 5.41) is 0. The molecular weight excluding hydrogens is 316 g/mol. The van der Waals surface area contributed by atoms with Gasteiger partial charge in [-0.2, -0.15) is 0 Å². The van der Waals surface area contributed by atoms with Crippen LogP contribution in [-0.4, -0.2) is 5.78 Å². The molecule has 0 saturated heterocycles. The van der Waals surface area contributed by atoms with E-state index in [9.17, 15) is 4.79 Å². The highest BCUT2D eigenvalue weighted by Crippen LogP contribution is 2.28. The highest BCUT2D eigenvalue weighted by atomic mass is 79.9. The molecule has 0 aliphatic rings. The number of halogens is 1. The molecule has 0 saturated carbocycles. The fourth-order valence-electron chi connectivity index (χ4n) is 2.10. The normalized spacial score (nSPS) is 10.4. The minimum atomic E-state index is -0.0155. The fourth-order valence-corrected chi connectivity index (χ4v) is 2.46. The molecule has 3 heteroatoms. The predicted octanol–water partition coefficient (Wildman–Crippen LogP) is 4.94. The van der Waals surface area contributed by atoms with Crippen LogP contribution in [0.2, 0.25) is 0 Å². The SMILES string of the molecule is O=C(c1ccccc1)c1cc(Br)ccc1-c1ccco1. The standard InChI is InChI=1S/C17H11BrO2/c18-13-8-9-14(16-7-4-10-20-16)15(11-13)17(19)12-5-2-1-3-6-12/h1-11H. The van der Waals surface area contributed by atoms with Crippen LogP contribution in [0.15, 0.2) is 75.8 Å². The topological polar surface area (TPSA) is 30.2 Å². The first-order chi connectivity index (χ1) is 9.75. The summed E-state index contributed by atoms with van der Waals surface area (Å²) in [7, 11) is 0. The van der Waals surface area contributed by atoms with Gasteiger partial charge in [-0.1, -0.05) is 46.3 Å². The molecule has 20 heavy (non-hydrogen) atoms. The fraction of sp³-hybridized carbons (Fsp3) is 0. The second kappa shape index (κ2) is 5.47. The van der Waals surface area contributed by atoms with E-state index in [1.165, 1.54) is 0 Å². The molecule has 0 aliphatic carbocycles. The van der Waals surface area contributed by atoms with Crippen molar-refractivity contribution in [1.29, 1.82) is 0 Å². The number of hydrogen-bond acceptors (Lipinski definition) is 2. The van der Waals surface area contributed by atoms with Gasteiger partial charge in [0.25, 0.3) is 0 Å². The molecule has 0 fully saturated rings. The van der Waals surface area contributed by atoms with Gasteiger partial charge >= 0.3 is 0 Å². The zero-order valence-corrected chi connectivity index (χ0v) is 12.1. The maximum Gasteiger partial charge on any atom is 0.193 e. The number of rotatable bonds is 3. The van der Waals surface area contributed by atoms with E-state index in [0.717, 1.165) is 10.0 Å². The van der Waals surface area contributed by atoms with Crippen molar-refractivity contribution in [2.24, 2.45) is 0 Å². The van der Waals surface area contributed by atoms with Crippen molar-refractivity contribution >= 4 is 21.7 Å². The molecule has 0 N–H and O–H groups in total. The van der Waals surface area contributed by atoms with Crippen molar-refractivity contribution in [2.45, 2.75) is 0 Å². The van der Waals surface area contributed by atoms with E-state index in [0.29, 0.717) is 16.9 Å². The summed E-state index contributed by atoms with van der Waals surface area (Å²) in [5.41, 5.74) is 2.09. The molecule has 0 atom stereocenters. The molecular formula is C17H11BrO2. The first kappa shape index (κ1) is 12.9. The molecule has 2 aromatic carbocycles. The molecule has 0 amide bonds. The highest BCUT2D eigenvalue weighted by Gasteiger charge is 2.16. The minimum Gasteiger partial charge on any atom is -0.464 e. The number of carbonyl (C=O) groups excluding carboxylic acids is 1. The summed E-state index contributed by atoms with van der Waals surface area (Å²) in [4.78, 5) is 12.7. The van der Waals surface area contributed by atoms with Gasteiger partial charge in [-0.15, -0.1) is 0 Å². The number of furan rings is 1. The number of hydrogen-bond donors (Lipinski definition) is 0. The Morgan fingerprint density at radius 1 is 0.950 bits per heavy atom. The lowest BCUT2D eigenvalue weighted by Gasteiger charge is -2.07. The van der Waals surface area contributed by atoms with E-state index in [-0.39, 0.29) is 5.78 Å².